The number of allylic oxidation sites excluding steroid dienone is 5. The predicted octanol–water partition coefficient (Wildman–Crippen LogP) is 14.7. The van der Waals surface area contributed by atoms with E-state index < -0.39 is 0 Å². The van der Waals surface area contributed by atoms with Crippen LogP contribution < -0.4 is 0 Å². The molecule has 0 unspecified atom stereocenters. The molecule has 0 bridgehead atoms. The smallest absolute Gasteiger partial charge is 0.164 e. The first kappa shape index (κ1) is 35.3. The summed E-state index contributed by atoms with van der Waals surface area (Å²) in [5, 5.41) is 8.39. The number of hydrogen-bond acceptors (Lipinski definition) is 4. The molecule has 2 aromatic heterocycles. The number of furan rings is 1. The van der Waals surface area contributed by atoms with Gasteiger partial charge in [-0.3, -0.25) is 0 Å². The van der Waals surface area contributed by atoms with Gasteiger partial charge < -0.3 is 4.42 Å². The first-order chi connectivity index (χ1) is 30.2. The van der Waals surface area contributed by atoms with Crippen molar-refractivity contribution in [1.29, 1.82) is 0 Å². The largest absolute Gasteiger partial charge is 0.460 e. The zero-order valence-electron chi connectivity index (χ0n) is 33.5. The standard InChI is InChI=1S/C57H39N3O/c1-2-10-36(11-3-1)42-25-26-44-33-45(28-27-43(44)32-42)46-30-31-50-53(35-46)61-52-19-9-18-51(54(50)52)57-59-55(58-56(60-57)47-29-20-37-12-4-5-14-41(37)34-47)40-23-21-39(22-24-40)49-17-8-15-38-13-6-7-16-48(38)49/h1-8,10-18,20-21,23,25-35H,9,19,22,24H2. The van der Waals surface area contributed by atoms with Gasteiger partial charge >= 0.3 is 0 Å². The first-order valence-corrected chi connectivity index (χ1v) is 21.2. The Kier molecular flexibility index (Phi) is 8.41. The van der Waals surface area contributed by atoms with E-state index in [2.05, 4.69) is 188 Å². The van der Waals surface area contributed by atoms with Gasteiger partial charge in [-0.15, -0.1) is 0 Å². The molecule has 12 rings (SSSR count). The van der Waals surface area contributed by atoms with E-state index in [9.17, 15) is 0 Å². The van der Waals surface area contributed by atoms with Crippen molar-refractivity contribution in [2.75, 3.05) is 0 Å². The van der Waals surface area contributed by atoms with Crippen molar-refractivity contribution in [1.82, 2.24) is 15.0 Å². The fourth-order valence-electron chi connectivity index (χ4n) is 9.34. The minimum atomic E-state index is 0.672. The Hall–Kier alpha value is -7.69. The van der Waals surface area contributed by atoms with Crippen LogP contribution in [0.1, 0.15) is 47.8 Å². The Morgan fingerprint density at radius 2 is 1.00 bits per heavy atom. The van der Waals surface area contributed by atoms with Crippen LogP contribution in [0.15, 0.2) is 193 Å². The van der Waals surface area contributed by atoms with Crippen LogP contribution in [0.25, 0.3) is 93.6 Å². The van der Waals surface area contributed by atoms with Gasteiger partial charge in [0.2, 0.25) is 0 Å². The Labute approximate surface area is 353 Å². The summed E-state index contributed by atoms with van der Waals surface area (Å²) < 4.78 is 6.72. The third-order valence-corrected chi connectivity index (χ3v) is 12.5. The van der Waals surface area contributed by atoms with Gasteiger partial charge in [-0.2, -0.15) is 0 Å². The number of fused-ring (bicyclic) bond motifs is 6. The van der Waals surface area contributed by atoms with E-state index in [0.717, 1.165) is 87.0 Å². The highest BCUT2D eigenvalue weighted by Gasteiger charge is 2.26. The molecule has 10 aromatic rings. The molecule has 0 radical (unpaired) electrons. The molecule has 2 aliphatic rings. The average Bonchev–Trinajstić information content (AvgIpc) is 3.72. The summed E-state index contributed by atoms with van der Waals surface area (Å²) in [6, 6.07) is 60.7. The van der Waals surface area contributed by atoms with Crippen LogP contribution in [0.2, 0.25) is 0 Å². The van der Waals surface area contributed by atoms with Gasteiger partial charge in [0, 0.05) is 28.5 Å². The summed E-state index contributed by atoms with van der Waals surface area (Å²) >= 11 is 0. The molecule has 0 spiro atoms. The summed E-state index contributed by atoms with van der Waals surface area (Å²) in [4.78, 5) is 15.7. The monoisotopic (exact) mass is 781 g/mol. The van der Waals surface area contributed by atoms with Gasteiger partial charge in [-0.05, 0) is 121 Å². The minimum Gasteiger partial charge on any atom is -0.460 e. The quantitative estimate of drug-likeness (QED) is 0.169. The van der Waals surface area contributed by atoms with E-state index in [-0.39, 0.29) is 0 Å². The van der Waals surface area contributed by atoms with Crippen molar-refractivity contribution >= 4 is 60.0 Å². The van der Waals surface area contributed by atoms with Crippen LogP contribution >= 0.6 is 0 Å². The molecule has 0 saturated carbocycles. The normalized spacial score (nSPS) is 13.9. The molecule has 0 N–H and O–H groups in total. The molecular weight excluding hydrogens is 743 g/mol. The summed E-state index contributed by atoms with van der Waals surface area (Å²) in [5.74, 6) is 3.04. The van der Waals surface area contributed by atoms with E-state index in [1.807, 2.05) is 0 Å². The van der Waals surface area contributed by atoms with E-state index in [1.165, 1.54) is 49.2 Å². The third-order valence-electron chi connectivity index (χ3n) is 12.5. The highest BCUT2D eigenvalue weighted by Crippen LogP contribution is 2.41. The first-order valence-electron chi connectivity index (χ1n) is 21.2. The lowest BCUT2D eigenvalue weighted by Crippen LogP contribution is -2.09. The van der Waals surface area contributed by atoms with E-state index >= 15 is 0 Å². The summed E-state index contributed by atoms with van der Waals surface area (Å²) in [6.45, 7) is 0. The molecule has 8 aromatic carbocycles. The lowest BCUT2D eigenvalue weighted by atomic mass is 9.90. The predicted molar refractivity (Wildman–Crippen MR) is 252 cm³/mol. The lowest BCUT2D eigenvalue weighted by molar-refractivity contribution is 0.545. The Balaban J connectivity index is 0.934. The fourth-order valence-corrected chi connectivity index (χ4v) is 9.34. The van der Waals surface area contributed by atoms with E-state index in [1.54, 1.807) is 0 Å². The van der Waals surface area contributed by atoms with Gasteiger partial charge in [-0.1, -0.05) is 158 Å². The molecule has 4 heteroatoms. The summed E-state index contributed by atoms with van der Waals surface area (Å²) in [5.41, 5.74) is 12.4. The SMILES string of the molecule is C1=C(c2nc(C3=CCCc4oc5cc(-c6ccc7cc(-c8ccccc8)ccc7c6)ccc5c43)nc(-c3ccc4ccccc4c3)n2)CCC(c2cccc3ccccc23)=C1. The number of hydrogen-bond donors (Lipinski definition) is 0. The molecule has 2 heterocycles. The van der Waals surface area contributed by atoms with Gasteiger partial charge in [0.15, 0.2) is 17.5 Å². The second-order valence-electron chi connectivity index (χ2n) is 16.2. The second kappa shape index (κ2) is 14.5. The van der Waals surface area contributed by atoms with E-state index in [0.29, 0.717) is 11.6 Å². The Morgan fingerprint density at radius 3 is 1.84 bits per heavy atom. The van der Waals surface area contributed by atoms with Gasteiger partial charge in [-0.25, -0.2) is 15.0 Å². The van der Waals surface area contributed by atoms with Crippen LogP contribution in [-0.2, 0) is 6.42 Å². The number of benzene rings is 8. The maximum atomic E-state index is 6.72. The molecule has 0 atom stereocenters. The molecule has 0 fully saturated rings. The average molecular weight is 782 g/mol. The molecule has 61 heavy (non-hydrogen) atoms. The van der Waals surface area contributed by atoms with E-state index in [4.69, 9.17) is 19.4 Å². The topological polar surface area (TPSA) is 51.8 Å². The molecule has 0 saturated heterocycles. The number of rotatable bonds is 6. The molecule has 288 valence electrons. The van der Waals surface area contributed by atoms with Crippen molar-refractivity contribution < 1.29 is 4.42 Å². The highest BCUT2D eigenvalue weighted by atomic mass is 16.3. The summed E-state index contributed by atoms with van der Waals surface area (Å²) in [6.07, 6.45) is 10.2. The third kappa shape index (κ3) is 6.36. The molecule has 0 amide bonds. The van der Waals surface area contributed by atoms with Crippen LogP contribution in [-0.4, -0.2) is 15.0 Å². The molecular formula is C57H39N3O. The van der Waals surface area contributed by atoms with Gasteiger partial charge in [0.05, 0.1) is 0 Å². The number of nitrogens with zero attached hydrogens (tertiary/aromatic N) is 3. The molecule has 2 aliphatic carbocycles. The maximum absolute atomic E-state index is 6.72. The number of aromatic nitrogens is 3. The lowest BCUT2D eigenvalue weighted by Gasteiger charge is -2.18. The van der Waals surface area contributed by atoms with Crippen LogP contribution in [0.4, 0.5) is 0 Å². The van der Waals surface area contributed by atoms with Crippen molar-refractivity contribution in [3.05, 3.63) is 217 Å². The molecule has 0 aliphatic heterocycles. The van der Waals surface area contributed by atoms with Crippen molar-refractivity contribution in [3.63, 3.8) is 0 Å². The van der Waals surface area contributed by atoms with Crippen LogP contribution in [0, 0.1) is 0 Å². The fraction of sp³-hybridized carbons (Fsp3) is 0.0702. The highest BCUT2D eigenvalue weighted by molar-refractivity contribution is 6.00. The zero-order chi connectivity index (χ0) is 40.3. The van der Waals surface area contributed by atoms with Crippen molar-refractivity contribution in [3.8, 4) is 33.6 Å². The Morgan fingerprint density at radius 1 is 0.393 bits per heavy atom. The van der Waals surface area contributed by atoms with Crippen LogP contribution in [0.3, 0.4) is 0 Å². The minimum absolute atomic E-state index is 0.672. The van der Waals surface area contributed by atoms with Gasteiger partial charge in [0.1, 0.15) is 11.3 Å². The summed E-state index contributed by atoms with van der Waals surface area (Å²) in [7, 11) is 0. The van der Waals surface area contributed by atoms with Crippen molar-refractivity contribution in [2.45, 2.75) is 25.7 Å². The number of aryl methyl sites for hydroxylation is 1. The maximum Gasteiger partial charge on any atom is 0.164 e. The Bertz CT molecular complexity index is 3470. The molecule has 4 nitrogen and oxygen atoms in total. The van der Waals surface area contributed by atoms with Crippen LogP contribution in [0.5, 0.6) is 0 Å². The van der Waals surface area contributed by atoms with Crippen molar-refractivity contribution in [2.24, 2.45) is 0 Å². The zero-order valence-corrected chi connectivity index (χ0v) is 33.5. The van der Waals surface area contributed by atoms with Gasteiger partial charge in [0.25, 0.3) is 0 Å². The second-order valence-corrected chi connectivity index (χ2v) is 16.2.